The van der Waals surface area contributed by atoms with Crippen molar-refractivity contribution in [2.75, 3.05) is 18.1 Å². The van der Waals surface area contributed by atoms with Gasteiger partial charge in [0, 0.05) is 29.9 Å². The van der Waals surface area contributed by atoms with Crippen molar-refractivity contribution in [2.45, 2.75) is 13.5 Å². The topological polar surface area (TPSA) is 24.9 Å². The molecule has 0 unspecified atom stereocenters. The summed E-state index contributed by atoms with van der Waals surface area (Å²) in [6, 6.07) is 0. The van der Waals surface area contributed by atoms with E-state index in [4.69, 9.17) is 6.42 Å². The zero-order valence-corrected chi connectivity index (χ0v) is 9.88. The summed E-state index contributed by atoms with van der Waals surface area (Å²) in [5, 5.41) is 6.56. The van der Waals surface area contributed by atoms with E-state index in [1.807, 2.05) is 6.92 Å². The van der Waals surface area contributed by atoms with Crippen molar-refractivity contribution >= 4 is 23.1 Å². The Morgan fingerprint density at radius 1 is 1.71 bits per heavy atom. The first-order chi connectivity index (χ1) is 6.83. The van der Waals surface area contributed by atoms with Crippen LogP contribution < -0.4 is 5.32 Å². The minimum atomic E-state index is 0.804. The van der Waals surface area contributed by atoms with E-state index >= 15 is 0 Å². The lowest BCUT2D eigenvalue weighted by atomic mass is 10.5. The maximum atomic E-state index is 5.14. The Hall–Kier alpha value is -0.500. The minimum Gasteiger partial charge on any atom is -0.310 e. The van der Waals surface area contributed by atoms with Crippen molar-refractivity contribution in [1.82, 2.24) is 10.3 Å². The number of hydrogen-bond acceptors (Lipinski definition) is 4. The second kappa shape index (κ2) is 6.88. The Morgan fingerprint density at radius 3 is 3.21 bits per heavy atom. The zero-order chi connectivity index (χ0) is 10.2. The van der Waals surface area contributed by atoms with Gasteiger partial charge in [-0.25, -0.2) is 4.98 Å². The molecule has 76 valence electrons. The van der Waals surface area contributed by atoms with Crippen LogP contribution in [-0.4, -0.2) is 23.0 Å². The molecule has 0 saturated heterocycles. The summed E-state index contributed by atoms with van der Waals surface area (Å²) in [5.41, 5.74) is 1.11. The van der Waals surface area contributed by atoms with E-state index in [1.54, 1.807) is 23.1 Å². The van der Waals surface area contributed by atoms with Crippen LogP contribution in [0.4, 0.5) is 0 Å². The van der Waals surface area contributed by atoms with Crippen LogP contribution in [-0.2, 0) is 6.54 Å². The molecule has 0 aliphatic rings. The highest BCUT2D eigenvalue weighted by atomic mass is 32.2. The highest BCUT2D eigenvalue weighted by molar-refractivity contribution is 7.99. The normalized spacial score (nSPS) is 10.0. The standard InChI is InChI=1S/C10H14N2S2/c1-3-5-13-6-4-11-7-10-12-9(2)8-14-10/h1,8,11H,4-7H2,2H3. The summed E-state index contributed by atoms with van der Waals surface area (Å²) < 4.78 is 0. The van der Waals surface area contributed by atoms with E-state index in [9.17, 15) is 0 Å². The third-order valence-corrected chi connectivity index (χ3v) is 3.38. The second-order valence-electron chi connectivity index (χ2n) is 2.82. The molecule has 0 fully saturated rings. The fourth-order valence-electron chi connectivity index (χ4n) is 0.955. The number of rotatable bonds is 6. The SMILES string of the molecule is C#CCSCCNCc1nc(C)cs1. The molecule has 0 bridgehead atoms. The van der Waals surface area contributed by atoms with Crippen molar-refractivity contribution in [3.8, 4) is 12.3 Å². The Labute approximate surface area is 93.5 Å². The van der Waals surface area contributed by atoms with Crippen LogP contribution in [0.2, 0.25) is 0 Å². The van der Waals surface area contributed by atoms with Gasteiger partial charge in [0.1, 0.15) is 5.01 Å². The Morgan fingerprint density at radius 2 is 2.57 bits per heavy atom. The molecular weight excluding hydrogens is 212 g/mol. The van der Waals surface area contributed by atoms with Gasteiger partial charge >= 0.3 is 0 Å². The molecule has 0 aromatic carbocycles. The molecule has 1 aromatic rings. The van der Waals surface area contributed by atoms with Crippen molar-refractivity contribution in [3.63, 3.8) is 0 Å². The molecule has 2 nitrogen and oxygen atoms in total. The minimum absolute atomic E-state index is 0.804. The molecular formula is C10H14N2S2. The number of nitrogens with one attached hydrogen (secondary N) is 1. The van der Waals surface area contributed by atoms with Crippen LogP contribution in [0.25, 0.3) is 0 Å². The number of hydrogen-bond donors (Lipinski definition) is 1. The van der Waals surface area contributed by atoms with E-state index < -0.39 is 0 Å². The highest BCUT2D eigenvalue weighted by Crippen LogP contribution is 2.07. The lowest BCUT2D eigenvalue weighted by Crippen LogP contribution is -2.16. The van der Waals surface area contributed by atoms with Crippen LogP contribution >= 0.6 is 23.1 Å². The molecule has 1 rings (SSSR count). The van der Waals surface area contributed by atoms with E-state index in [-0.39, 0.29) is 0 Å². The van der Waals surface area contributed by atoms with Gasteiger partial charge in [-0.1, -0.05) is 5.92 Å². The summed E-state index contributed by atoms with van der Waals surface area (Å²) in [7, 11) is 0. The first-order valence-corrected chi connectivity index (χ1v) is 6.49. The average Bonchev–Trinajstić information content (AvgIpc) is 2.58. The summed E-state index contributed by atoms with van der Waals surface area (Å²) >= 11 is 3.48. The van der Waals surface area contributed by atoms with Gasteiger partial charge in [-0.05, 0) is 6.92 Å². The predicted molar refractivity (Wildman–Crippen MR) is 64.7 cm³/mol. The fourth-order valence-corrected chi connectivity index (χ4v) is 2.25. The van der Waals surface area contributed by atoms with Crippen LogP contribution in [0.1, 0.15) is 10.7 Å². The molecule has 1 aromatic heterocycles. The molecule has 0 radical (unpaired) electrons. The van der Waals surface area contributed by atoms with E-state index in [0.717, 1.165) is 35.3 Å². The zero-order valence-electron chi connectivity index (χ0n) is 8.25. The maximum Gasteiger partial charge on any atom is 0.107 e. The van der Waals surface area contributed by atoms with Gasteiger partial charge < -0.3 is 5.32 Å². The Balaban J connectivity index is 2.02. The third-order valence-electron chi connectivity index (χ3n) is 1.55. The summed E-state index contributed by atoms with van der Waals surface area (Å²) in [6.45, 7) is 3.88. The van der Waals surface area contributed by atoms with Crippen LogP contribution in [0.5, 0.6) is 0 Å². The number of aryl methyl sites for hydroxylation is 1. The Kier molecular flexibility index (Phi) is 5.69. The second-order valence-corrected chi connectivity index (χ2v) is 4.86. The molecule has 4 heteroatoms. The van der Waals surface area contributed by atoms with Crippen molar-refractivity contribution in [2.24, 2.45) is 0 Å². The van der Waals surface area contributed by atoms with Crippen molar-refractivity contribution < 1.29 is 0 Å². The maximum absolute atomic E-state index is 5.14. The quantitative estimate of drug-likeness (QED) is 0.592. The van der Waals surface area contributed by atoms with Gasteiger partial charge in [0.2, 0.25) is 0 Å². The lowest BCUT2D eigenvalue weighted by molar-refractivity contribution is 0.726. The van der Waals surface area contributed by atoms with E-state index in [2.05, 4.69) is 21.6 Å². The molecule has 0 amide bonds. The van der Waals surface area contributed by atoms with Crippen LogP contribution in [0.15, 0.2) is 5.38 Å². The molecule has 0 aliphatic heterocycles. The van der Waals surface area contributed by atoms with Crippen LogP contribution in [0.3, 0.4) is 0 Å². The molecule has 1 N–H and O–H groups in total. The number of aromatic nitrogens is 1. The highest BCUT2D eigenvalue weighted by Gasteiger charge is 1.96. The molecule has 1 heterocycles. The van der Waals surface area contributed by atoms with E-state index in [0.29, 0.717) is 0 Å². The molecule has 0 atom stereocenters. The van der Waals surface area contributed by atoms with Crippen molar-refractivity contribution in [3.05, 3.63) is 16.1 Å². The van der Waals surface area contributed by atoms with Gasteiger partial charge in [-0.2, -0.15) is 0 Å². The predicted octanol–water partition coefficient (Wildman–Crippen LogP) is 1.91. The first kappa shape index (κ1) is 11.6. The molecule has 0 aliphatic carbocycles. The lowest BCUT2D eigenvalue weighted by Gasteiger charge is -2.00. The number of nitrogens with zero attached hydrogens (tertiary/aromatic N) is 1. The van der Waals surface area contributed by atoms with E-state index in [1.165, 1.54) is 0 Å². The average molecular weight is 226 g/mol. The summed E-state index contributed by atoms with van der Waals surface area (Å²) in [6.07, 6.45) is 5.14. The fraction of sp³-hybridized carbons (Fsp3) is 0.500. The number of thiazole rings is 1. The third kappa shape index (κ3) is 4.66. The van der Waals surface area contributed by atoms with Crippen LogP contribution in [0, 0.1) is 19.3 Å². The van der Waals surface area contributed by atoms with Gasteiger partial charge in [0.05, 0.1) is 5.75 Å². The Bertz CT molecular complexity index is 301. The molecule has 0 saturated carbocycles. The smallest absolute Gasteiger partial charge is 0.107 e. The van der Waals surface area contributed by atoms with Gasteiger partial charge in [0.15, 0.2) is 0 Å². The first-order valence-electron chi connectivity index (χ1n) is 4.46. The monoisotopic (exact) mass is 226 g/mol. The largest absolute Gasteiger partial charge is 0.310 e. The van der Waals surface area contributed by atoms with Gasteiger partial charge in [0.25, 0.3) is 0 Å². The van der Waals surface area contributed by atoms with Gasteiger partial charge in [-0.15, -0.1) is 29.5 Å². The molecule has 14 heavy (non-hydrogen) atoms. The van der Waals surface area contributed by atoms with Crippen molar-refractivity contribution in [1.29, 1.82) is 0 Å². The number of thioether (sulfide) groups is 1. The number of terminal acetylenes is 1. The summed E-state index contributed by atoms with van der Waals surface area (Å²) in [5.74, 6) is 4.47. The summed E-state index contributed by atoms with van der Waals surface area (Å²) in [4.78, 5) is 4.36. The van der Waals surface area contributed by atoms with Gasteiger partial charge in [-0.3, -0.25) is 0 Å². The molecule has 0 spiro atoms.